The van der Waals surface area contributed by atoms with Gasteiger partial charge in [-0.1, -0.05) is 44.9 Å². The van der Waals surface area contributed by atoms with E-state index in [0.29, 0.717) is 0 Å². The molecule has 0 unspecified atom stereocenters. The normalized spacial score (nSPS) is 18.4. The van der Waals surface area contributed by atoms with Gasteiger partial charge in [-0.05, 0) is 0 Å². The summed E-state index contributed by atoms with van der Waals surface area (Å²) in [6, 6.07) is 0. The van der Waals surface area contributed by atoms with E-state index in [1.54, 1.807) is 0 Å². The Bertz CT molecular complexity index is 73.8. The van der Waals surface area contributed by atoms with Gasteiger partial charge in [0.25, 0.3) is 0 Å². The molecule has 0 aliphatic heterocycles. The van der Waals surface area contributed by atoms with E-state index in [-0.39, 0.29) is 17.1 Å². The quantitative estimate of drug-likeness (QED) is 0.423. The van der Waals surface area contributed by atoms with E-state index in [1.807, 2.05) is 0 Å². The summed E-state index contributed by atoms with van der Waals surface area (Å²) in [5, 5.41) is 0. The summed E-state index contributed by atoms with van der Waals surface area (Å²) in [6.07, 6.45) is 15.5. The van der Waals surface area contributed by atoms with Gasteiger partial charge in [-0.15, -0.1) is 0 Å². The standard InChI is InChI=1S/C5H10.C5H9.C2H6ClGe.Fe/c2*1-2-4-5-3-1;1-4(2)3;/h1-5H2;1H,2-5H2;1-2H3;/q;-1;;+2. The monoisotopic (exact) mass is 334 g/mol. The minimum absolute atomic E-state index is 0. The average molecular weight is 333 g/mol. The zero-order chi connectivity index (χ0) is 10.6. The summed E-state index contributed by atoms with van der Waals surface area (Å²) in [7, 11) is 5.44. The molecular formula is C12H25ClFeGe+. The molecule has 2 aliphatic rings. The third-order valence-corrected chi connectivity index (χ3v) is 2.32. The van der Waals surface area contributed by atoms with Crippen LogP contribution >= 0.6 is 10.0 Å². The minimum atomic E-state index is -0.861. The molecule has 0 saturated heterocycles. The summed E-state index contributed by atoms with van der Waals surface area (Å²) in [5.74, 6) is 4.20. The van der Waals surface area contributed by atoms with Crippen molar-refractivity contribution < 1.29 is 17.1 Å². The SMILES string of the molecule is C1CCCC1.[CH-]1CCCC1.[CH3][Ge]([CH3])[Cl].[Fe+2]. The number of hydrogen-bond donors (Lipinski definition) is 0. The van der Waals surface area contributed by atoms with Crippen LogP contribution in [0.4, 0.5) is 0 Å². The van der Waals surface area contributed by atoms with E-state index in [0.717, 1.165) is 0 Å². The zero-order valence-corrected chi connectivity index (χ0v) is 14.1. The fourth-order valence-electron chi connectivity index (χ4n) is 1.61. The van der Waals surface area contributed by atoms with Crippen LogP contribution in [0.3, 0.4) is 0 Å². The summed E-state index contributed by atoms with van der Waals surface area (Å²) in [5.41, 5.74) is 0. The first kappa shape index (κ1) is 18.7. The smallest absolute Gasteiger partial charge is 2.00 e. The van der Waals surface area contributed by atoms with Crippen LogP contribution in [0.1, 0.15) is 57.8 Å². The minimum Gasteiger partial charge on any atom is 2.00 e. The first-order valence-corrected chi connectivity index (χ1v) is 13.0. The van der Waals surface area contributed by atoms with Crippen molar-refractivity contribution in [3.8, 4) is 0 Å². The Morgan fingerprint density at radius 3 is 1.20 bits per heavy atom. The summed E-state index contributed by atoms with van der Waals surface area (Å²) in [6.45, 7) is 0. The molecule has 0 N–H and O–H groups in total. The van der Waals surface area contributed by atoms with Crippen molar-refractivity contribution in [2.45, 2.75) is 69.3 Å². The molecule has 2 rings (SSSR count). The van der Waals surface area contributed by atoms with Crippen molar-refractivity contribution in [2.24, 2.45) is 0 Å². The summed E-state index contributed by atoms with van der Waals surface area (Å²) >= 11 is -0.861. The maximum Gasteiger partial charge on any atom is 2.00 e. The second kappa shape index (κ2) is 15.4. The Morgan fingerprint density at radius 1 is 0.800 bits per heavy atom. The van der Waals surface area contributed by atoms with Crippen molar-refractivity contribution in [1.82, 2.24) is 0 Å². The van der Waals surface area contributed by atoms with Crippen molar-refractivity contribution in [3.05, 3.63) is 6.42 Å². The van der Waals surface area contributed by atoms with Crippen LogP contribution < -0.4 is 0 Å². The summed E-state index contributed by atoms with van der Waals surface area (Å²) in [4.78, 5) is 0. The van der Waals surface area contributed by atoms with Crippen molar-refractivity contribution in [1.29, 1.82) is 0 Å². The molecule has 2 aliphatic carbocycles. The molecule has 0 heterocycles. The third-order valence-electron chi connectivity index (χ3n) is 2.32. The van der Waals surface area contributed by atoms with Crippen LogP contribution in [0.2, 0.25) is 11.5 Å². The molecule has 0 spiro atoms. The number of hydrogen-bond acceptors (Lipinski definition) is 0. The molecular weight excluding hydrogens is 308 g/mol. The Kier molecular flexibility index (Phi) is 19.1. The Morgan fingerprint density at radius 2 is 1.07 bits per heavy atom. The second-order valence-corrected chi connectivity index (χ2v) is 11.8. The Hall–Kier alpha value is 1.35. The van der Waals surface area contributed by atoms with E-state index in [2.05, 4.69) is 17.9 Å². The maximum absolute atomic E-state index is 5.44. The van der Waals surface area contributed by atoms with Crippen molar-refractivity contribution in [2.75, 3.05) is 0 Å². The molecule has 2 saturated carbocycles. The van der Waals surface area contributed by atoms with Crippen LogP contribution in [0, 0.1) is 6.42 Å². The van der Waals surface area contributed by atoms with E-state index >= 15 is 0 Å². The van der Waals surface area contributed by atoms with Gasteiger partial charge in [-0.3, -0.25) is 0 Å². The van der Waals surface area contributed by atoms with Crippen LogP contribution in [-0.4, -0.2) is 13.4 Å². The predicted molar refractivity (Wildman–Crippen MR) is 69.2 cm³/mol. The first-order valence-electron chi connectivity index (χ1n) is 6.01. The molecule has 0 aromatic carbocycles. The van der Waals surface area contributed by atoms with E-state index < -0.39 is 13.4 Å². The van der Waals surface area contributed by atoms with Crippen molar-refractivity contribution >= 4 is 23.4 Å². The van der Waals surface area contributed by atoms with E-state index in [1.165, 1.54) is 57.8 Å². The van der Waals surface area contributed by atoms with Gasteiger partial charge in [0.1, 0.15) is 0 Å². The Labute approximate surface area is 116 Å². The molecule has 1 radical (unpaired) electrons. The van der Waals surface area contributed by atoms with Gasteiger partial charge < -0.3 is 6.42 Å². The van der Waals surface area contributed by atoms with Gasteiger partial charge in [-0.25, -0.2) is 0 Å². The zero-order valence-electron chi connectivity index (χ0n) is 10.2. The van der Waals surface area contributed by atoms with Crippen LogP contribution in [0.15, 0.2) is 0 Å². The molecule has 0 bridgehead atoms. The molecule has 0 atom stereocenters. The maximum atomic E-state index is 5.44. The van der Waals surface area contributed by atoms with Gasteiger partial charge in [0, 0.05) is 0 Å². The number of rotatable bonds is 0. The third kappa shape index (κ3) is 21.2. The number of halogens is 1. The molecule has 91 valence electrons. The molecule has 0 nitrogen and oxygen atoms in total. The predicted octanol–water partition coefficient (Wildman–Crippen LogP) is 5.19. The molecule has 0 aromatic rings. The van der Waals surface area contributed by atoms with Gasteiger partial charge in [0.05, 0.1) is 0 Å². The van der Waals surface area contributed by atoms with Gasteiger partial charge in [0.15, 0.2) is 0 Å². The second-order valence-electron chi connectivity index (χ2n) is 4.22. The van der Waals surface area contributed by atoms with Crippen LogP contribution in [0.25, 0.3) is 0 Å². The first-order chi connectivity index (χ1) is 6.73. The van der Waals surface area contributed by atoms with E-state index in [4.69, 9.17) is 10.0 Å². The summed E-state index contributed by atoms with van der Waals surface area (Å²) < 4.78 is 0. The topological polar surface area (TPSA) is 0 Å². The fraction of sp³-hybridized carbons (Fsp3) is 0.917. The van der Waals surface area contributed by atoms with Crippen LogP contribution in [0.5, 0.6) is 0 Å². The van der Waals surface area contributed by atoms with Gasteiger partial charge in [-0.2, -0.15) is 12.8 Å². The Balaban J connectivity index is 0. The molecule has 0 aromatic heterocycles. The molecule has 3 heteroatoms. The molecule has 2 fully saturated rings. The van der Waals surface area contributed by atoms with E-state index in [9.17, 15) is 0 Å². The molecule has 0 amide bonds. The van der Waals surface area contributed by atoms with Gasteiger partial charge in [0.2, 0.25) is 0 Å². The fourth-order valence-corrected chi connectivity index (χ4v) is 1.61. The molecule has 15 heavy (non-hydrogen) atoms. The van der Waals surface area contributed by atoms with Gasteiger partial charge >= 0.3 is 52.0 Å². The van der Waals surface area contributed by atoms with Crippen molar-refractivity contribution in [3.63, 3.8) is 0 Å². The van der Waals surface area contributed by atoms with Crippen LogP contribution in [-0.2, 0) is 17.1 Å². The largest absolute Gasteiger partial charge is 2.00 e. The average Bonchev–Trinajstić information content (AvgIpc) is 2.83.